The number of benzene rings is 1. The van der Waals surface area contributed by atoms with Crippen LogP contribution in [-0.2, 0) is 14.2 Å². The van der Waals surface area contributed by atoms with Crippen LogP contribution in [0, 0.1) is 5.92 Å². The van der Waals surface area contributed by atoms with Crippen molar-refractivity contribution in [3.8, 4) is 5.75 Å². The van der Waals surface area contributed by atoms with Crippen LogP contribution in [0.3, 0.4) is 0 Å². The highest BCUT2D eigenvalue weighted by Crippen LogP contribution is 2.46. The molecule has 8 heteroatoms. The van der Waals surface area contributed by atoms with E-state index in [1.54, 1.807) is 23.1 Å². The number of likely N-dealkylation sites (tertiary alicyclic amines) is 1. The summed E-state index contributed by atoms with van der Waals surface area (Å²) in [4.78, 5) is 27.8. The highest BCUT2D eigenvalue weighted by Gasteiger charge is 2.55. The maximum atomic E-state index is 13.6. The van der Waals surface area contributed by atoms with E-state index in [0.29, 0.717) is 55.5 Å². The van der Waals surface area contributed by atoms with Gasteiger partial charge in [-0.05, 0) is 52.8 Å². The molecule has 7 nitrogen and oxygen atoms in total. The monoisotopic (exact) mass is 453 g/mol. The number of halogens is 1. The van der Waals surface area contributed by atoms with Gasteiger partial charge in [0.25, 0.3) is 0 Å². The van der Waals surface area contributed by atoms with Gasteiger partial charge in [0.05, 0.1) is 5.56 Å². The molecule has 172 valence electrons. The maximum absolute atomic E-state index is 13.6. The summed E-state index contributed by atoms with van der Waals surface area (Å²) in [6.07, 6.45) is -0.190. The smallest absolute Gasteiger partial charge is 0.410 e. The molecule has 0 aliphatic carbocycles. The predicted octanol–water partition coefficient (Wildman–Crippen LogP) is 4.70. The van der Waals surface area contributed by atoms with Gasteiger partial charge in [-0.25, -0.2) is 4.79 Å². The Morgan fingerprint density at radius 3 is 2.39 bits per heavy atom. The quantitative estimate of drug-likeness (QED) is 0.601. The Kier molecular flexibility index (Phi) is 7.18. The molecule has 1 fully saturated rings. The zero-order valence-corrected chi connectivity index (χ0v) is 19.7. The van der Waals surface area contributed by atoms with Gasteiger partial charge >= 0.3 is 6.09 Å². The molecule has 3 rings (SSSR count). The topological polar surface area (TPSA) is 74.3 Å². The maximum Gasteiger partial charge on any atom is 0.410 e. The first-order chi connectivity index (χ1) is 14.6. The highest BCUT2D eigenvalue weighted by molar-refractivity contribution is 6.31. The first kappa shape index (κ1) is 23.8. The molecule has 0 radical (unpaired) electrons. The van der Waals surface area contributed by atoms with E-state index in [-0.39, 0.29) is 11.9 Å². The second kappa shape index (κ2) is 9.35. The summed E-state index contributed by atoms with van der Waals surface area (Å²) in [7, 11) is 0. The lowest BCUT2D eigenvalue weighted by Gasteiger charge is -2.49. The van der Waals surface area contributed by atoms with E-state index in [1.165, 1.54) is 0 Å². The minimum Gasteiger partial charge on any atom is -0.485 e. The molecule has 0 aromatic heterocycles. The minimum atomic E-state index is -0.842. The number of piperidine rings is 1. The number of amides is 1. The van der Waals surface area contributed by atoms with E-state index in [9.17, 15) is 9.59 Å². The lowest BCUT2D eigenvalue weighted by molar-refractivity contribution is -0.198. The van der Waals surface area contributed by atoms with Crippen molar-refractivity contribution in [2.75, 3.05) is 26.3 Å². The van der Waals surface area contributed by atoms with Crippen LogP contribution in [0.15, 0.2) is 18.2 Å². The predicted molar refractivity (Wildman–Crippen MR) is 117 cm³/mol. The molecule has 2 heterocycles. The fourth-order valence-corrected chi connectivity index (χ4v) is 4.39. The van der Waals surface area contributed by atoms with Crippen LogP contribution in [-0.4, -0.2) is 60.6 Å². The standard InChI is InChI=1S/C23H32ClNO6/c1-6-28-20(29-7-2)18-19(26)16-14-15(24)8-9-17(16)30-23(18)10-12-25(13-11-23)21(27)31-22(3,4)5/h8-9,14,18,20H,6-7,10-13H2,1-5H3. The van der Waals surface area contributed by atoms with Gasteiger partial charge in [0.2, 0.25) is 0 Å². The van der Waals surface area contributed by atoms with Crippen molar-refractivity contribution in [1.29, 1.82) is 0 Å². The largest absolute Gasteiger partial charge is 0.485 e. The molecule has 1 saturated heterocycles. The molecule has 2 aliphatic rings. The number of nitrogens with zero attached hydrogens (tertiary/aromatic N) is 1. The van der Waals surface area contributed by atoms with E-state index in [2.05, 4.69) is 0 Å². The molecule has 1 spiro atoms. The molecule has 0 saturated carbocycles. The highest BCUT2D eigenvalue weighted by atomic mass is 35.5. The van der Waals surface area contributed by atoms with E-state index < -0.39 is 23.4 Å². The molecule has 2 aliphatic heterocycles. The number of ketones is 1. The lowest BCUT2D eigenvalue weighted by Crippen LogP contribution is -2.61. The number of hydrogen-bond donors (Lipinski definition) is 0. The number of carbonyl (C=O) groups excluding carboxylic acids is 2. The van der Waals surface area contributed by atoms with Crippen molar-refractivity contribution in [2.45, 2.75) is 65.0 Å². The summed E-state index contributed by atoms with van der Waals surface area (Å²) >= 11 is 6.15. The Morgan fingerprint density at radius 2 is 1.84 bits per heavy atom. The fraction of sp³-hybridized carbons (Fsp3) is 0.652. The van der Waals surface area contributed by atoms with Crippen molar-refractivity contribution in [3.05, 3.63) is 28.8 Å². The lowest BCUT2D eigenvalue weighted by atomic mass is 9.73. The number of fused-ring (bicyclic) bond motifs is 1. The van der Waals surface area contributed by atoms with Crippen molar-refractivity contribution < 1.29 is 28.5 Å². The van der Waals surface area contributed by atoms with Gasteiger partial charge in [0, 0.05) is 44.2 Å². The molecule has 1 aromatic rings. The average Bonchev–Trinajstić information content (AvgIpc) is 2.68. The Hall–Kier alpha value is -1.83. The number of hydrogen-bond acceptors (Lipinski definition) is 6. The first-order valence-electron chi connectivity index (χ1n) is 10.8. The molecular formula is C23H32ClNO6. The number of rotatable bonds is 5. The summed E-state index contributed by atoms with van der Waals surface area (Å²) in [6.45, 7) is 10.9. The van der Waals surface area contributed by atoms with Crippen LogP contribution in [0.4, 0.5) is 4.79 Å². The van der Waals surface area contributed by atoms with Gasteiger partial charge in [-0.15, -0.1) is 0 Å². The van der Waals surface area contributed by atoms with E-state index >= 15 is 0 Å². The van der Waals surface area contributed by atoms with Gasteiger partial charge in [-0.1, -0.05) is 11.6 Å². The van der Waals surface area contributed by atoms with Crippen molar-refractivity contribution in [1.82, 2.24) is 4.90 Å². The summed E-state index contributed by atoms with van der Waals surface area (Å²) < 4.78 is 23.7. The van der Waals surface area contributed by atoms with Crippen LogP contribution >= 0.6 is 11.6 Å². The third-order valence-electron chi connectivity index (χ3n) is 5.57. The van der Waals surface area contributed by atoms with E-state index in [4.69, 9.17) is 30.5 Å². The van der Waals surface area contributed by atoms with E-state index in [0.717, 1.165) is 0 Å². The Balaban J connectivity index is 1.91. The summed E-state index contributed by atoms with van der Waals surface area (Å²) in [5.41, 5.74) is -0.979. The molecule has 1 unspecified atom stereocenters. The first-order valence-corrected chi connectivity index (χ1v) is 11.2. The second-order valence-corrected chi connectivity index (χ2v) is 9.33. The van der Waals surface area contributed by atoms with Crippen LogP contribution in [0.1, 0.15) is 57.8 Å². The van der Waals surface area contributed by atoms with Crippen molar-refractivity contribution >= 4 is 23.5 Å². The second-order valence-electron chi connectivity index (χ2n) is 8.90. The molecule has 0 bridgehead atoms. The Morgan fingerprint density at radius 1 is 1.23 bits per heavy atom. The Labute approximate surface area is 188 Å². The molecule has 31 heavy (non-hydrogen) atoms. The Bertz CT molecular complexity index is 807. The van der Waals surface area contributed by atoms with Gasteiger partial charge < -0.3 is 23.8 Å². The zero-order valence-electron chi connectivity index (χ0n) is 18.9. The van der Waals surface area contributed by atoms with Crippen LogP contribution in [0.25, 0.3) is 0 Å². The molecular weight excluding hydrogens is 422 g/mol. The normalized spacial score (nSPS) is 20.5. The number of ether oxygens (including phenoxy) is 4. The summed E-state index contributed by atoms with van der Waals surface area (Å²) in [5, 5.41) is 0.467. The number of carbonyl (C=O) groups is 2. The van der Waals surface area contributed by atoms with Crippen LogP contribution in [0.5, 0.6) is 5.75 Å². The molecule has 1 aromatic carbocycles. The van der Waals surface area contributed by atoms with Crippen LogP contribution < -0.4 is 4.74 Å². The van der Waals surface area contributed by atoms with Gasteiger partial charge in [0.15, 0.2) is 12.1 Å². The summed E-state index contributed by atoms with van der Waals surface area (Å²) in [6, 6.07) is 5.06. The fourth-order valence-electron chi connectivity index (χ4n) is 4.22. The van der Waals surface area contributed by atoms with Crippen molar-refractivity contribution in [2.24, 2.45) is 5.92 Å². The molecule has 1 amide bonds. The zero-order chi connectivity index (χ0) is 22.8. The van der Waals surface area contributed by atoms with E-state index in [1.807, 2.05) is 34.6 Å². The average molecular weight is 454 g/mol. The van der Waals surface area contributed by atoms with Gasteiger partial charge in [-0.2, -0.15) is 0 Å². The minimum absolute atomic E-state index is 0.110. The van der Waals surface area contributed by atoms with Crippen molar-refractivity contribution in [3.63, 3.8) is 0 Å². The third kappa shape index (κ3) is 5.16. The SMILES string of the molecule is CCOC(OCC)C1C(=O)c2cc(Cl)ccc2OC12CCN(C(=O)OC(C)(C)C)CC2. The molecule has 1 atom stereocenters. The van der Waals surface area contributed by atoms with Gasteiger partial charge in [0.1, 0.15) is 22.9 Å². The van der Waals surface area contributed by atoms with Crippen LogP contribution in [0.2, 0.25) is 5.02 Å². The summed E-state index contributed by atoms with van der Waals surface area (Å²) in [5.74, 6) is -0.274. The third-order valence-corrected chi connectivity index (χ3v) is 5.80. The molecule has 0 N–H and O–H groups in total. The van der Waals surface area contributed by atoms with Gasteiger partial charge in [-0.3, -0.25) is 4.79 Å². The number of Topliss-reactive ketones (excluding diaryl/α,β-unsaturated/α-hetero) is 1.